The van der Waals surface area contributed by atoms with Crippen LogP contribution in [0, 0.1) is 0 Å². The Hall–Kier alpha value is -1.68. The van der Waals surface area contributed by atoms with Crippen molar-refractivity contribution in [2.45, 2.75) is 25.8 Å². The maximum Gasteiger partial charge on any atom is 0.167 e. The Morgan fingerprint density at radius 1 is 1.22 bits per heavy atom. The van der Waals surface area contributed by atoms with Crippen molar-refractivity contribution in [3.63, 3.8) is 0 Å². The van der Waals surface area contributed by atoms with Gasteiger partial charge in [0.05, 0.1) is 0 Å². The summed E-state index contributed by atoms with van der Waals surface area (Å²) in [5.74, 6) is 0.713. The highest BCUT2D eigenvalue weighted by molar-refractivity contribution is 7.80. The van der Waals surface area contributed by atoms with Crippen LogP contribution >= 0.6 is 12.2 Å². The highest BCUT2D eigenvalue weighted by atomic mass is 32.1. The van der Waals surface area contributed by atoms with Crippen LogP contribution in [-0.2, 0) is 13.0 Å². The first kappa shape index (κ1) is 12.8. The molecule has 0 bridgehead atoms. The maximum absolute atomic E-state index is 5.60. The van der Waals surface area contributed by atoms with E-state index >= 15 is 0 Å². The topological polar surface area (TPSA) is 43.8 Å². The third-order valence-electron chi connectivity index (χ3n) is 2.89. The molecule has 0 fully saturated rings. The van der Waals surface area contributed by atoms with E-state index in [-0.39, 0.29) is 0 Å². The third kappa shape index (κ3) is 3.40. The minimum absolute atomic E-state index is 0.364. The summed E-state index contributed by atoms with van der Waals surface area (Å²) in [4.78, 5) is 4.51. The summed E-state index contributed by atoms with van der Waals surface area (Å²) in [5.41, 5.74) is 6.99. The number of rotatable bonds is 6. The van der Waals surface area contributed by atoms with Gasteiger partial charge in [0.1, 0.15) is 4.99 Å². The minimum atomic E-state index is 0.364. The van der Waals surface area contributed by atoms with Crippen LogP contribution in [0.3, 0.4) is 0 Å². The van der Waals surface area contributed by atoms with Gasteiger partial charge in [-0.2, -0.15) is 0 Å². The molecule has 1 aromatic carbocycles. The molecule has 2 aromatic rings. The first-order chi connectivity index (χ1) is 8.77. The van der Waals surface area contributed by atoms with Crippen molar-refractivity contribution in [1.82, 2.24) is 9.55 Å². The van der Waals surface area contributed by atoms with E-state index in [4.69, 9.17) is 18.0 Å². The van der Waals surface area contributed by atoms with Crippen molar-refractivity contribution < 1.29 is 0 Å². The summed E-state index contributed by atoms with van der Waals surface area (Å²) in [7, 11) is 0. The van der Waals surface area contributed by atoms with E-state index in [0.717, 1.165) is 25.8 Å². The molecule has 0 amide bonds. The molecule has 1 aromatic heterocycles. The second-order valence-electron chi connectivity index (χ2n) is 4.25. The maximum atomic E-state index is 5.60. The Kier molecular flexibility index (Phi) is 4.47. The number of benzene rings is 1. The van der Waals surface area contributed by atoms with Crippen LogP contribution < -0.4 is 5.73 Å². The predicted octanol–water partition coefficient (Wildman–Crippen LogP) is 2.54. The number of aromatic nitrogens is 2. The third-order valence-corrected chi connectivity index (χ3v) is 3.08. The summed E-state index contributed by atoms with van der Waals surface area (Å²) in [6.45, 7) is 0.916. The van der Waals surface area contributed by atoms with E-state index in [9.17, 15) is 0 Å². The lowest BCUT2D eigenvalue weighted by Crippen LogP contribution is -2.16. The Bertz CT molecular complexity index is 505. The normalized spacial score (nSPS) is 10.4. The van der Waals surface area contributed by atoms with Crippen molar-refractivity contribution >= 4 is 17.2 Å². The summed E-state index contributed by atoms with van der Waals surface area (Å²) >= 11 is 4.95. The van der Waals surface area contributed by atoms with Gasteiger partial charge in [-0.05, 0) is 24.8 Å². The molecule has 0 saturated heterocycles. The highest BCUT2D eigenvalue weighted by Crippen LogP contribution is 2.07. The monoisotopic (exact) mass is 259 g/mol. The number of thiocarbonyl (C=S) groups is 1. The fourth-order valence-corrected chi connectivity index (χ4v) is 2.14. The number of nitrogens with two attached hydrogens (primary N) is 1. The summed E-state index contributed by atoms with van der Waals surface area (Å²) < 4.78 is 2.02. The van der Waals surface area contributed by atoms with Crippen molar-refractivity contribution in [1.29, 1.82) is 0 Å². The Balaban J connectivity index is 1.79. The minimum Gasteiger partial charge on any atom is -0.387 e. The van der Waals surface area contributed by atoms with E-state index in [0.29, 0.717) is 10.8 Å². The average molecular weight is 259 g/mol. The largest absolute Gasteiger partial charge is 0.387 e. The van der Waals surface area contributed by atoms with Crippen LogP contribution in [0.4, 0.5) is 0 Å². The standard InChI is InChI=1S/C14H17N3S/c15-13(18)14-16-9-11-17(14)10-5-4-8-12-6-2-1-3-7-12/h1-3,6-7,9,11H,4-5,8,10H2,(H2,15,18). The zero-order chi connectivity index (χ0) is 12.8. The van der Waals surface area contributed by atoms with Crippen LogP contribution in [0.15, 0.2) is 42.7 Å². The van der Waals surface area contributed by atoms with Crippen LogP contribution in [0.25, 0.3) is 0 Å². The molecular formula is C14H17N3S. The molecule has 0 unspecified atom stereocenters. The molecule has 4 heteroatoms. The molecule has 0 aliphatic rings. The second-order valence-corrected chi connectivity index (χ2v) is 4.69. The molecule has 1 heterocycles. The average Bonchev–Trinajstić information content (AvgIpc) is 2.84. The fraction of sp³-hybridized carbons (Fsp3) is 0.286. The van der Waals surface area contributed by atoms with E-state index in [1.807, 2.05) is 16.8 Å². The molecule has 2 rings (SSSR count). The predicted molar refractivity (Wildman–Crippen MR) is 77.5 cm³/mol. The van der Waals surface area contributed by atoms with E-state index in [1.54, 1.807) is 6.20 Å². The quantitative estimate of drug-likeness (QED) is 0.640. The Labute approximate surface area is 113 Å². The van der Waals surface area contributed by atoms with E-state index < -0.39 is 0 Å². The smallest absolute Gasteiger partial charge is 0.167 e. The fourth-order valence-electron chi connectivity index (χ4n) is 1.97. The zero-order valence-corrected chi connectivity index (χ0v) is 11.1. The first-order valence-electron chi connectivity index (χ1n) is 6.12. The van der Waals surface area contributed by atoms with Gasteiger partial charge in [0, 0.05) is 18.9 Å². The molecule has 94 valence electrons. The molecular weight excluding hydrogens is 242 g/mol. The molecule has 0 aliphatic carbocycles. The summed E-state index contributed by atoms with van der Waals surface area (Å²) in [5, 5.41) is 0. The van der Waals surface area contributed by atoms with Gasteiger partial charge in [0.2, 0.25) is 0 Å². The first-order valence-corrected chi connectivity index (χ1v) is 6.53. The highest BCUT2D eigenvalue weighted by Gasteiger charge is 2.04. The summed E-state index contributed by atoms with van der Waals surface area (Å²) in [6.07, 6.45) is 7.03. The SMILES string of the molecule is NC(=S)c1nccn1CCCCc1ccccc1. The van der Waals surface area contributed by atoms with Crippen molar-refractivity contribution in [3.8, 4) is 0 Å². The number of unbranched alkanes of at least 4 members (excludes halogenated alkanes) is 1. The molecule has 18 heavy (non-hydrogen) atoms. The molecule has 0 atom stereocenters. The van der Waals surface area contributed by atoms with Crippen molar-refractivity contribution in [2.24, 2.45) is 5.73 Å². The molecule has 0 radical (unpaired) electrons. The van der Waals surface area contributed by atoms with Crippen LogP contribution in [0.2, 0.25) is 0 Å². The lowest BCUT2D eigenvalue weighted by atomic mass is 10.1. The second kappa shape index (κ2) is 6.31. The van der Waals surface area contributed by atoms with Gasteiger partial charge in [-0.3, -0.25) is 0 Å². The van der Waals surface area contributed by atoms with E-state index in [1.165, 1.54) is 5.56 Å². The zero-order valence-electron chi connectivity index (χ0n) is 10.2. The van der Waals surface area contributed by atoms with E-state index in [2.05, 4.69) is 29.2 Å². The van der Waals surface area contributed by atoms with Crippen LogP contribution in [-0.4, -0.2) is 14.5 Å². The van der Waals surface area contributed by atoms with Gasteiger partial charge in [-0.1, -0.05) is 42.5 Å². The van der Waals surface area contributed by atoms with Gasteiger partial charge < -0.3 is 10.3 Å². The number of hydrogen-bond donors (Lipinski definition) is 1. The lowest BCUT2D eigenvalue weighted by Gasteiger charge is -2.06. The number of nitrogens with zero attached hydrogens (tertiary/aromatic N) is 2. The van der Waals surface area contributed by atoms with Gasteiger partial charge >= 0.3 is 0 Å². The Morgan fingerprint density at radius 2 is 2.00 bits per heavy atom. The van der Waals surface area contributed by atoms with Gasteiger partial charge in [-0.25, -0.2) is 4.98 Å². The van der Waals surface area contributed by atoms with Gasteiger partial charge in [0.25, 0.3) is 0 Å². The molecule has 0 aliphatic heterocycles. The van der Waals surface area contributed by atoms with Crippen LogP contribution in [0.5, 0.6) is 0 Å². The number of aryl methyl sites for hydroxylation is 2. The molecule has 0 saturated carbocycles. The lowest BCUT2D eigenvalue weighted by molar-refractivity contribution is 0.606. The van der Waals surface area contributed by atoms with Crippen LogP contribution in [0.1, 0.15) is 24.2 Å². The number of imidazole rings is 1. The Morgan fingerprint density at radius 3 is 2.72 bits per heavy atom. The van der Waals surface area contributed by atoms with Gasteiger partial charge in [0.15, 0.2) is 5.82 Å². The molecule has 2 N–H and O–H groups in total. The summed E-state index contributed by atoms with van der Waals surface area (Å²) in [6, 6.07) is 10.5. The molecule has 3 nitrogen and oxygen atoms in total. The van der Waals surface area contributed by atoms with Crippen molar-refractivity contribution in [2.75, 3.05) is 0 Å². The van der Waals surface area contributed by atoms with Gasteiger partial charge in [-0.15, -0.1) is 0 Å². The number of hydrogen-bond acceptors (Lipinski definition) is 2. The van der Waals surface area contributed by atoms with Crippen molar-refractivity contribution in [3.05, 3.63) is 54.1 Å². The molecule has 0 spiro atoms.